The summed E-state index contributed by atoms with van der Waals surface area (Å²) in [6.45, 7) is 2.59. The van der Waals surface area contributed by atoms with Gasteiger partial charge in [0.2, 0.25) is 0 Å². The lowest BCUT2D eigenvalue weighted by molar-refractivity contribution is 0.0988. The molecule has 1 N–H and O–H groups in total. The molecule has 0 atom stereocenters. The molecule has 19 heavy (non-hydrogen) atoms. The van der Waals surface area contributed by atoms with E-state index in [0.717, 1.165) is 35.7 Å². The topological polar surface area (TPSA) is 58.2 Å². The van der Waals surface area contributed by atoms with Crippen molar-refractivity contribution in [2.75, 3.05) is 18.6 Å². The molecule has 5 heteroatoms. The number of carbonyl (C=O) groups excluding carboxylic acids is 1. The van der Waals surface area contributed by atoms with Crippen molar-refractivity contribution < 1.29 is 9.53 Å². The van der Waals surface area contributed by atoms with E-state index in [4.69, 9.17) is 4.74 Å². The van der Waals surface area contributed by atoms with Crippen LogP contribution in [0.25, 0.3) is 0 Å². The molecule has 1 amide bonds. The fraction of sp³-hybridized carbons (Fsp3) is 0.286. The number of hydrogen-bond donors (Lipinski definition) is 1. The Bertz CT molecular complexity index is 633. The fourth-order valence-electron chi connectivity index (χ4n) is 2.20. The van der Waals surface area contributed by atoms with E-state index in [1.54, 1.807) is 18.0 Å². The standard InChI is InChI=1S/C14H15N3O2/c1-9-7-12(16-15-9)14(18)17(2)11-3-4-13-10(8-11)5-6-19-13/h3-4,7-8H,5-6H2,1-2H3,(H,15,16). The molecule has 0 fully saturated rings. The van der Waals surface area contributed by atoms with E-state index in [1.165, 1.54) is 0 Å². The summed E-state index contributed by atoms with van der Waals surface area (Å²) >= 11 is 0. The minimum absolute atomic E-state index is 0.122. The van der Waals surface area contributed by atoms with Crippen molar-refractivity contribution in [2.45, 2.75) is 13.3 Å². The maximum atomic E-state index is 12.3. The number of ether oxygens (including phenoxy) is 1. The lowest BCUT2D eigenvalue weighted by atomic mass is 10.1. The van der Waals surface area contributed by atoms with Crippen LogP contribution in [0.4, 0.5) is 5.69 Å². The van der Waals surface area contributed by atoms with Crippen molar-refractivity contribution in [1.29, 1.82) is 0 Å². The first-order chi connectivity index (χ1) is 9.15. The average Bonchev–Trinajstić information content (AvgIpc) is 3.04. The third kappa shape index (κ3) is 2.07. The molecule has 0 radical (unpaired) electrons. The Balaban J connectivity index is 1.87. The van der Waals surface area contributed by atoms with Gasteiger partial charge in [-0.2, -0.15) is 5.10 Å². The highest BCUT2D eigenvalue weighted by Gasteiger charge is 2.19. The number of fused-ring (bicyclic) bond motifs is 1. The molecule has 1 aromatic heterocycles. The summed E-state index contributed by atoms with van der Waals surface area (Å²) < 4.78 is 5.46. The maximum absolute atomic E-state index is 12.3. The smallest absolute Gasteiger partial charge is 0.278 e. The average molecular weight is 257 g/mol. The highest BCUT2D eigenvalue weighted by atomic mass is 16.5. The second kappa shape index (κ2) is 4.42. The Morgan fingerprint density at radius 2 is 2.26 bits per heavy atom. The molecule has 0 bridgehead atoms. The van der Waals surface area contributed by atoms with Crippen LogP contribution >= 0.6 is 0 Å². The van der Waals surface area contributed by atoms with E-state index in [0.29, 0.717) is 5.69 Å². The van der Waals surface area contributed by atoms with Gasteiger partial charge in [-0.3, -0.25) is 9.89 Å². The third-order valence-electron chi connectivity index (χ3n) is 3.29. The van der Waals surface area contributed by atoms with E-state index in [1.807, 2.05) is 25.1 Å². The minimum Gasteiger partial charge on any atom is -0.493 e. The molecular weight excluding hydrogens is 242 g/mol. The highest BCUT2D eigenvalue weighted by Crippen LogP contribution is 2.29. The van der Waals surface area contributed by atoms with Gasteiger partial charge in [-0.05, 0) is 36.8 Å². The van der Waals surface area contributed by atoms with Crippen LogP contribution in [0, 0.1) is 6.92 Å². The number of amides is 1. The number of aryl methyl sites for hydroxylation is 1. The van der Waals surface area contributed by atoms with Crippen LogP contribution in [0.5, 0.6) is 5.75 Å². The lowest BCUT2D eigenvalue weighted by Crippen LogP contribution is -2.26. The molecule has 2 aromatic rings. The summed E-state index contributed by atoms with van der Waals surface area (Å²) in [7, 11) is 1.75. The Morgan fingerprint density at radius 3 is 3.00 bits per heavy atom. The van der Waals surface area contributed by atoms with Crippen LogP contribution in [0.2, 0.25) is 0 Å². The summed E-state index contributed by atoms with van der Waals surface area (Å²) in [5, 5.41) is 6.77. The number of aromatic nitrogens is 2. The van der Waals surface area contributed by atoms with Crippen LogP contribution < -0.4 is 9.64 Å². The summed E-state index contributed by atoms with van der Waals surface area (Å²) in [5.74, 6) is 0.795. The van der Waals surface area contributed by atoms with Gasteiger partial charge in [0.1, 0.15) is 5.75 Å². The Kier molecular flexibility index (Phi) is 2.74. The first-order valence-electron chi connectivity index (χ1n) is 6.21. The van der Waals surface area contributed by atoms with Crippen molar-refractivity contribution in [3.05, 3.63) is 41.2 Å². The SMILES string of the molecule is Cc1cc(C(=O)N(C)c2ccc3c(c2)CCO3)n[nH]1. The van der Waals surface area contributed by atoms with E-state index >= 15 is 0 Å². The molecule has 5 nitrogen and oxygen atoms in total. The monoisotopic (exact) mass is 257 g/mol. The zero-order chi connectivity index (χ0) is 13.4. The molecule has 1 aromatic carbocycles. The van der Waals surface area contributed by atoms with E-state index in [9.17, 15) is 4.79 Å². The minimum atomic E-state index is -0.122. The largest absolute Gasteiger partial charge is 0.493 e. The summed E-state index contributed by atoms with van der Waals surface area (Å²) in [6, 6.07) is 7.55. The van der Waals surface area contributed by atoms with Gasteiger partial charge in [-0.25, -0.2) is 0 Å². The Hall–Kier alpha value is -2.30. The summed E-state index contributed by atoms with van der Waals surface area (Å²) in [5.41, 5.74) is 3.31. The molecule has 2 heterocycles. The van der Waals surface area contributed by atoms with Gasteiger partial charge in [0.15, 0.2) is 5.69 Å². The number of H-pyrrole nitrogens is 1. The van der Waals surface area contributed by atoms with Gasteiger partial charge in [-0.15, -0.1) is 0 Å². The van der Waals surface area contributed by atoms with E-state index < -0.39 is 0 Å². The number of hydrogen-bond acceptors (Lipinski definition) is 3. The van der Waals surface area contributed by atoms with Gasteiger partial charge >= 0.3 is 0 Å². The quantitative estimate of drug-likeness (QED) is 0.894. The number of aromatic amines is 1. The van der Waals surface area contributed by atoms with Crippen LogP contribution in [0.3, 0.4) is 0 Å². The molecule has 0 aliphatic carbocycles. The molecule has 0 unspecified atom stereocenters. The number of benzene rings is 1. The van der Waals surface area contributed by atoms with Crippen molar-refractivity contribution in [3.8, 4) is 5.75 Å². The first-order valence-corrected chi connectivity index (χ1v) is 6.21. The van der Waals surface area contributed by atoms with Crippen LogP contribution in [-0.4, -0.2) is 29.8 Å². The number of nitrogens with one attached hydrogen (secondary N) is 1. The number of anilines is 1. The molecule has 1 aliphatic rings. The number of nitrogens with zero attached hydrogens (tertiary/aromatic N) is 2. The van der Waals surface area contributed by atoms with E-state index in [-0.39, 0.29) is 5.91 Å². The molecule has 0 saturated heterocycles. The molecule has 3 rings (SSSR count). The van der Waals surface area contributed by atoms with Crippen molar-refractivity contribution in [1.82, 2.24) is 10.2 Å². The van der Waals surface area contributed by atoms with Crippen LogP contribution in [-0.2, 0) is 6.42 Å². The molecule has 0 saturated carbocycles. The summed E-state index contributed by atoms with van der Waals surface area (Å²) in [4.78, 5) is 13.9. The van der Waals surface area contributed by atoms with E-state index in [2.05, 4.69) is 10.2 Å². The predicted molar refractivity (Wildman–Crippen MR) is 71.7 cm³/mol. The first kappa shape index (κ1) is 11.8. The summed E-state index contributed by atoms with van der Waals surface area (Å²) in [6.07, 6.45) is 0.896. The van der Waals surface area contributed by atoms with Gasteiger partial charge in [0, 0.05) is 24.8 Å². The Labute approximate surface area is 111 Å². The second-order valence-corrected chi connectivity index (χ2v) is 4.69. The van der Waals surface area contributed by atoms with Gasteiger partial charge < -0.3 is 9.64 Å². The Morgan fingerprint density at radius 1 is 1.42 bits per heavy atom. The molecular formula is C14H15N3O2. The van der Waals surface area contributed by atoms with Gasteiger partial charge in [0.05, 0.1) is 6.61 Å². The molecule has 1 aliphatic heterocycles. The van der Waals surface area contributed by atoms with Crippen LogP contribution in [0.1, 0.15) is 21.7 Å². The van der Waals surface area contributed by atoms with Crippen molar-refractivity contribution >= 4 is 11.6 Å². The third-order valence-corrected chi connectivity index (χ3v) is 3.29. The number of carbonyl (C=O) groups is 1. The lowest BCUT2D eigenvalue weighted by Gasteiger charge is -2.16. The van der Waals surface area contributed by atoms with Gasteiger partial charge in [0.25, 0.3) is 5.91 Å². The molecule has 98 valence electrons. The van der Waals surface area contributed by atoms with Crippen molar-refractivity contribution in [2.24, 2.45) is 0 Å². The predicted octanol–water partition coefficient (Wildman–Crippen LogP) is 1.93. The van der Waals surface area contributed by atoms with Crippen molar-refractivity contribution in [3.63, 3.8) is 0 Å². The van der Waals surface area contributed by atoms with Crippen LogP contribution in [0.15, 0.2) is 24.3 Å². The van der Waals surface area contributed by atoms with Gasteiger partial charge in [-0.1, -0.05) is 0 Å². The number of rotatable bonds is 2. The highest BCUT2D eigenvalue weighted by molar-refractivity contribution is 6.04. The normalized spacial score (nSPS) is 12.9. The second-order valence-electron chi connectivity index (χ2n) is 4.69. The maximum Gasteiger partial charge on any atom is 0.278 e. The zero-order valence-corrected chi connectivity index (χ0v) is 10.9. The zero-order valence-electron chi connectivity index (χ0n) is 10.9. The fourth-order valence-corrected chi connectivity index (χ4v) is 2.20. The molecule has 0 spiro atoms.